The molecule has 2 aliphatic rings. The maximum absolute atomic E-state index is 2.68. The second kappa shape index (κ2) is 5.07. The Bertz CT molecular complexity index is 475. The average Bonchev–Trinajstić information content (AvgIpc) is 2.81. The highest BCUT2D eigenvalue weighted by Gasteiger charge is 2.33. The van der Waals surface area contributed by atoms with Crippen molar-refractivity contribution < 1.29 is 0 Å². The van der Waals surface area contributed by atoms with Crippen molar-refractivity contribution in [3.8, 4) is 0 Å². The Kier molecular flexibility index (Phi) is 3.53. The predicted octanol–water partition coefficient (Wildman–Crippen LogP) is 3.58. The van der Waals surface area contributed by atoms with Crippen LogP contribution < -0.4 is 4.90 Å². The molecule has 0 radical (unpaired) electrons. The van der Waals surface area contributed by atoms with Gasteiger partial charge in [-0.15, -0.1) is 0 Å². The lowest BCUT2D eigenvalue weighted by Gasteiger charge is -2.46. The van der Waals surface area contributed by atoms with E-state index < -0.39 is 0 Å². The van der Waals surface area contributed by atoms with E-state index in [2.05, 4.69) is 55.7 Å². The van der Waals surface area contributed by atoms with E-state index in [1.807, 2.05) is 0 Å². The molecular formula is C18H28N2. The van der Waals surface area contributed by atoms with Crippen LogP contribution in [-0.4, -0.2) is 37.1 Å². The molecule has 2 heteroatoms. The van der Waals surface area contributed by atoms with E-state index in [4.69, 9.17) is 0 Å². The Morgan fingerprint density at radius 3 is 2.25 bits per heavy atom. The number of benzene rings is 1. The lowest BCUT2D eigenvalue weighted by atomic mass is 9.85. The lowest BCUT2D eigenvalue weighted by molar-refractivity contribution is 0.205. The fraction of sp³-hybridized carbons (Fsp3) is 0.667. The summed E-state index contributed by atoms with van der Waals surface area (Å²) < 4.78 is 0. The van der Waals surface area contributed by atoms with E-state index in [0.29, 0.717) is 0 Å². The highest BCUT2D eigenvalue weighted by molar-refractivity contribution is 5.57. The van der Waals surface area contributed by atoms with Gasteiger partial charge in [0.05, 0.1) is 0 Å². The maximum atomic E-state index is 2.68. The van der Waals surface area contributed by atoms with Crippen LogP contribution in [0.1, 0.15) is 44.7 Å². The number of nitrogens with zero attached hydrogens (tertiary/aromatic N) is 2. The lowest BCUT2D eigenvalue weighted by Crippen LogP contribution is -2.59. The van der Waals surface area contributed by atoms with E-state index in [-0.39, 0.29) is 5.41 Å². The first-order valence-corrected chi connectivity index (χ1v) is 8.05. The van der Waals surface area contributed by atoms with Crippen LogP contribution >= 0.6 is 0 Å². The molecule has 20 heavy (non-hydrogen) atoms. The molecule has 2 aliphatic heterocycles. The Labute approximate surface area is 123 Å². The maximum Gasteiger partial charge on any atom is 0.0446 e. The quantitative estimate of drug-likeness (QED) is 0.812. The minimum absolute atomic E-state index is 0.246. The Balaban J connectivity index is 1.67. The summed E-state index contributed by atoms with van der Waals surface area (Å²) in [5.74, 6) is 0. The van der Waals surface area contributed by atoms with Crippen molar-refractivity contribution in [1.29, 1.82) is 0 Å². The molecule has 1 aromatic rings. The Hall–Kier alpha value is -1.02. The zero-order chi connectivity index (χ0) is 14.3. The molecule has 2 fully saturated rings. The van der Waals surface area contributed by atoms with Crippen molar-refractivity contribution in [2.24, 2.45) is 0 Å². The first-order valence-electron chi connectivity index (χ1n) is 8.05. The molecule has 2 saturated heterocycles. The van der Waals surface area contributed by atoms with Crippen LogP contribution in [0.2, 0.25) is 0 Å². The standard InChI is InChI=1S/C18H28N2/c1-14-11-15(18(2,3)4)7-8-17(14)20-12-16(13-20)19-9-5-6-10-19/h7-8,11,16H,5-6,9-10,12-13H2,1-4H3. The van der Waals surface area contributed by atoms with Gasteiger partial charge in [0.15, 0.2) is 0 Å². The summed E-state index contributed by atoms with van der Waals surface area (Å²) in [6.45, 7) is 14.2. The summed E-state index contributed by atoms with van der Waals surface area (Å²) >= 11 is 0. The molecule has 0 aromatic heterocycles. The fourth-order valence-electron chi connectivity index (χ4n) is 3.47. The molecule has 2 nitrogen and oxygen atoms in total. The van der Waals surface area contributed by atoms with Crippen LogP contribution in [0.25, 0.3) is 0 Å². The van der Waals surface area contributed by atoms with Gasteiger partial charge >= 0.3 is 0 Å². The molecule has 2 heterocycles. The highest BCUT2D eigenvalue weighted by atomic mass is 15.3. The molecule has 0 saturated carbocycles. The van der Waals surface area contributed by atoms with Gasteiger partial charge in [-0.2, -0.15) is 0 Å². The summed E-state index contributed by atoms with van der Waals surface area (Å²) in [5, 5.41) is 0. The van der Waals surface area contributed by atoms with Crippen molar-refractivity contribution in [3.63, 3.8) is 0 Å². The minimum atomic E-state index is 0.246. The van der Waals surface area contributed by atoms with Gasteiger partial charge < -0.3 is 4.90 Å². The number of rotatable bonds is 2. The second-order valence-electron chi connectivity index (χ2n) is 7.55. The zero-order valence-corrected chi connectivity index (χ0v) is 13.4. The molecule has 0 bridgehead atoms. The molecule has 3 rings (SSSR count). The molecule has 0 unspecified atom stereocenters. The smallest absolute Gasteiger partial charge is 0.0446 e. The summed E-state index contributed by atoms with van der Waals surface area (Å²) in [6, 6.07) is 7.82. The van der Waals surface area contributed by atoms with Gasteiger partial charge in [0.25, 0.3) is 0 Å². The second-order valence-corrected chi connectivity index (χ2v) is 7.55. The Morgan fingerprint density at radius 2 is 1.70 bits per heavy atom. The minimum Gasteiger partial charge on any atom is -0.368 e. The van der Waals surface area contributed by atoms with Gasteiger partial charge in [-0.25, -0.2) is 0 Å². The molecule has 110 valence electrons. The molecule has 0 amide bonds. The molecule has 0 spiro atoms. The Morgan fingerprint density at radius 1 is 1.05 bits per heavy atom. The SMILES string of the molecule is Cc1cc(C(C)(C)C)ccc1N1CC(N2CCCC2)C1. The van der Waals surface area contributed by atoms with Gasteiger partial charge in [0.2, 0.25) is 0 Å². The average molecular weight is 272 g/mol. The molecule has 0 aliphatic carbocycles. The van der Waals surface area contributed by atoms with Crippen LogP contribution in [0.3, 0.4) is 0 Å². The third-order valence-corrected chi connectivity index (χ3v) is 4.92. The number of aryl methyl sites for hydroxylation is 1. The van der Waals surface area contributed by atoms with E-state index in [1.165, 1.54) is 55.8 Å². The van der Waals surface area contributed by atoms with Crippen LogP contribution in [0, 0.1) is 6.92 Å². The fourth-order valence-corrected chi connectivity index (χ4v) is 3.47. The van der Waals surface area contributed by atoms with Crippen molar-refractivity contribution in [2.75, 3.05) is 31.1 Å². The predicted molar refractivity (Wildman–Crippen MR) is 86.7 cm³/mol. The van der Waals surface area contributed by atoms with Gasteiger partial charge in [0, 0.05) is 24.8 Å². The third-order valence-electron chi connectivity index (χ3n) is 4.92. The summed E-state index contributed by atoms with van der Waals surface area (Å²) in [5.41, 5.74) is 4.55. The molecular weight excluding hydrogens is 244 g/mol. The third kappa shape index (κ3) is 2.58. The van der Waals surface area contributed by atoms with Gasteiger partial charge in [-0.1, -0.05) is 32.9 Å². The van der Waals surface area contributed by atoms with Gasteiger partial charge in [-0.05, 0) is 55.5 Å². The number of hydrogen-bond acceptors (Lipinski definition) is 2. The van der Waals surface area contributed by atoms with E-state index in [9.17, 15) is 0 Å². The number of anilines is 1. The van der Waals surface area contributed by atoms with Crippen LogP contribution in [-0.2, 0) is 5.41 Å². The summed E-state index contributed by atoms with van der Waals surface area (Å²) in [7, 11) is 0. The number of likely N-dealkylation sites (tertiary alicyclic amines) is 1. The molecule has 0 N–H and O–H groups in total. The van der Waals surface area contributed by atoms with Crippen molar-refractivity contribution >= 4 is 5.69 Å². The summed E-state index contributed by atoms with van der Waals surface area (Å²) in [4.78, 5) is 5.22. The highest BCUT2D eigenvalue weighted by Crippen LogP contribution is 2.32. The van der Waals surface area contributed by atoms with Crippen molar-refractivity contribution in [1.82, 2.24) is 4.90 Å². The van der Waals surface area contributed by atoms with E-state index >= 15 is 0 Å². The largest absolute Gasteiger partial charge is 0.368 e. The van der Waals surface area contributed by atoms with Crippen molar-refractivity contribution in [3.05, 3.63) is 29.3 Å². The summed E-state index contributed by atoms with van der Waals surface area (Å²) in [6.07, 6.45) is 2.80. The monoisotopic (exact) mass is 272 g/mol. The zero-order valence-electron chi connectivity index (χ0n) is 13.4. The van der Waals surface area contributed by atoms with Gasteiger partial charge in [-0.3, -0.25) is 4.90 Å². The normalized spacial score (nSPS) is 21.3. The van der Waals surface area contributed by atoms with E-state index in [0.717, 1.165) is 6.04 Å². The van der Waals surface area contributed by atoms with Gasteiger partial charge in [0.1, 0.15) is 0 Å². The first kappa shape index (κ1) is 13.9. The first-order chi connectivity index (χ1) is 9.45. The molecule has 0 atom stereocenters. The van der Waals surface area contributed by atoms with Crippen LogP contribution in [0.5, 0.6) is 0 Å². The molecule has 1 aromatic carbocycles. The van der Waals surface area contributed by atoms with Crippen molar-refractivity contribution in [2.45, 2.75) is 52.0 Å². The van der Waals surface area contributed by atoms with E-state index in [1.54, 1.807) is 0 Å². The topological polar surface area (TPSA) is 6.48 Å². The number of hydrogen-bond donors (Lipinski definition) is 0. The van der Waals surface area contributed by atoms with Crippen LogP contribution in [0.15, 0.2) is 18.2 Å². The van der Waals surface area contributed by atoms with Crippen LogP contribution in [0.4, 0.5) is 5.69 Å².